The molecule has 1 heterocycles. The summed E-state index contributed by atoms with van der Waals surface area (Å²) in [7, 11) is 1.75. The fourth-order valence-corrected chi connectivity index (χ4v) is 5.88. The number of nitrogen functional groups attached to an aromatic ring is 1. The van der Waals surface area contributed by atoms with Crippen molar-refractivity contribution in [1.82, 2.24) is 9.78 Å². The van der Waals surface area contributed by atoms with Gasteiger partial charge >= 0.3 is 0 Å². The molecule has 2 aliphatic rings. The Labute approximate surface area is 173 Å². The predicted octanol–water partition coefficient (Wildman–Crippen LogP) is 4.68. The van der Waals surface area contributed by atoms with E-state index in [0.29, 0.717) is 28.9 Å². The molecule has 0 saturated heterocycles. The van der Waals surface area contributed by atoms with E-state index in [1.165, 1.54) is 31.0 Å². The lowest BCUT2D eigenvalue weighted by molar-refractivity contribution is 0.102. The fourth-order valence-electron chi connectivity index (χ4n) is 4.82. The second-order valence-electron chi connectivity index (χ2n) is 7.87. The molecule has 28 heavy (non-hydrogen) atoms. The van der Waals surface area contributed by atoms with Crippen LogP contribution in [0, 0.1) is 17.7 Å². The molecule has 2 unspecified atom stereocenters. The second kappa shape index (κ2) is 7.59. The summed E-state index contributed by atoms with van der Waals surface area (Å²) >= 11 is 7.79. The number of hydrogen-bond acceptors (Lipinski definition) is 4. The number of nitrogens with one attached hydrogen (secondary N) is 1. The highest BCUT2D eigenvalue weighted by Crippen LogP contribution is 2.53. The number of hydrogen-bond donors (Lipinski definition) is 2. The first-order valence-corrected chi connectivity index (χ1v) is 11.2. The summed E-state index contributed by atoms with van der Waals surface area (Å²) in [6.07, 6.45) is 6.80. The van der Waals surface area contributed by atoms with Crippen LogP contribution in [-0.4, -0.2) is 27.2 Å². The van der Waals surface area contributed by atoms with Gasteiger partial charge in [-0.2, -0.15) is 16.9 Å². The monoisotopic (exact) mass is 422 g/mol. The number of anilines is 2. The molecule has 3 N–H and O–H groups in total. The van der Waals surface area contributed by atoms with Gasteiger partial charge in [-0.15, -0.1) is 0 Å². The van der Waals surface area contributed by atoms with Crippen LogP contribution in [-0.2, 0) is 7.05 Å². The minimum atomic E-state index is -0.526. The Balaban J connectivity index is 1.57. The Morgan fingerprint density at radius 3 is 2.61 bits per heavy atom. The summed E-state index contributed by atoms with van der Waals surface area (Å²) in [5.74, 6) is 1.15. The number of fused-ring (bicyclic) bond motifs is 1. The molecule has 0 bridgehead atoms. The predicted molar refractivity (Wildman–Crippen MR) is 112 cm³/mol. The molecular weight excluding hydrogens is 399 g/mol. The molecule has 1 aromatic carbocycles. The standard InChI is InChI=1S/C20H24ClFN4OS/c1-26-19(23)17(20(27)24-13-3-4-16(22)15(21)9-13)18(25-26)12-5-10-7-14(28-2)8-11(10)6-12/h3-4,9-12,14H,5-8,23H2,1-2H3,(H,24,27). The van der Waals surface area contributed by atoms with Crippen LogP contribution in [0.15, 0.2) is 18.2 Å². The topological polar surface area (TPSA) is 72.9 Å². The largest absolute Gasteiger partial charge is 0.383 e. The average Bonchev–Trinajstić information content (AvgIpc) is 3.30. The van der Waals surface area contributed by atoms with Crippen LogP contribution in [0.3, 0.4) is 0 Å². The minimum absolute atomic E-state index is 0.0378. The van der Waals surface area contributed by atoms with E-state index >= 15 is 0 Å². The summed E-state index contributed by atoms with van der Waals surface area (Å²) < 4.78 is 15.0. The number of halogens is 2. The van der Waals surface area contributed by atoms with Crippen LogP contribution in [0.1, 0.15) is 47.7 Å². The average molecular weight is 423 g/mol. The zero-order valence-electron chi connectivity index (χ0n) is 15.9. The Bertz CT molecular complexity index is 904. The van der Waals surface area contributed by atoms with Crippen molar-refractivity contribution >= 4 is 40.8 Å². The fraction of sp³-hybridized carbons (Fsp3) is 0.500. The van der Waals surface area contributed by atoms with E-state index in [4.69, 9.17) is 17.3 Å². The highest BCUT2D eigenvalue weighted by molar-refractivity contribution is 7.99. The number of benzene rings is 1. The third-order valence-electron chi connectivity index (χ3n) is 6.22. The first-order chi connectivity index (χ1) is 13.4. The molecule has 2 saturated carbocycles. The van der Waals surface area contributed by atoms with Gasteiger partial charge in [0.05, 0.1) is 10.7 Å². The zero-order chi connectivity index (χ0) is 20.0. The van der Waals surface area contributed by atoms with E-state index in [2.05, 4.69) is 16.7 Å². The quantitative estimate of drug-likeness (QED) is 0.750. The maximum atomic E-state index is 13.4. The van der Waals surface area contributed by atoms with Crippen LogP contribution in [0.2, 0.25) is 5.02 Å². The van der Waals surface area contributed by atoms with Gasteiger partial charge in [-0.3, -0.25) is 9.48 Å². The van der Waals surface area contributed by atoms with Crippen molar-refractivity contribution in [2.24, 2.45) is 18.9 Å². The smallest absolute Gasteiger partial charge is 0.261 e. The molecule has 1 amide bonds. The van der Waals surface area contributed by atoms with Crippen LogP contribution in [0.5, 0.6) is 0 Å². The van der Waals surface area contributed by atoms with Gasteiger partial charge in [0.1, 0.15) is 17.2 Å². The summed E-state index contributed by atoms with van der Waals surface area (Å²) in [5, 5.41) is 8.10. The Hall–Kier alpha value is -1.73. The molecule has 150 valence electrons. The van der Waals surface area contributed by atoms with E-state index in [9.17, 15) is 9.18 Å². The molecule has 4 rings (SSSR count). The summed E-state index contributed by atoms with van der Waals surface area (Å²) in [4.78, 5) is 13.0. The van der Waals surface area contributed by atoms with Gasteiger partial charge in [-0.25, -0.2) is 4.39 Å². The van der Waals surface area contributed by atoms with Crippen molar-refractivity contribution < 1.29 is 9.18 Å². The number of aromatic nitrogens is 2. The molecule has 0 aliphatic heterocycles. The van der Waals surface area contributed by atoms with Crippen molar-refractivity contribution in [3.8, 4) is 0 Å². The van der Waals surface area contributed by atoms with Crippen molar-refractivity contribution in [1.29, 1.82) is 0 Å². The number of nitrogens with two attached hydrogens (primary N) is 1. The van der Waals surface area contributed by atoms with Gasteiger partial charge in [-0.05, 0) is 62.0 Å². The van der Waals surface area contributed by atoms with Crippen molar-refractivity contribution in [2.45, 2.75) is 36.9 Å². The van der Waals surface area contributed by atoms with Crippen molar-refractivity contribution in [3.63, 3.8) is 0 Å². The van der Waals surface area contributed by atoms with Gasteiger partial charge in [0, 0.05) is 23.9 Å². The van der Waals surface area contributed by atoms with Gasteiger partial charge < -0.3 is 11.1 Å². The van der Waals surface area contributed by atoms with E-state index in [1.807, 2.05) is 11.8 Å². The van der Waals surface area contributed by atoms with Crippen LogP contribution < -0.4 is 11.1 Å². The van der Waals surface area contributed by atoms with Gasteiger partial charge in [0.2, 0.25) is 0 Å². The summed E-state index contributed by atoms with van der Waals surface area (Å²) in [6, 6.07) is 4.10. The molecule has 2 aromatic rings. The zero-order valence-corrected chi connectivity index (χ0v) is 17.5. The maximum Gasteiger partial charge on any atom is 0.261 e. The van der Waals surface area contributed by atoms with Crippen LogP contribution in [0.4, 0.5) is 15.9 Å². The third-order valence-corrected chi connectivity index (χ3v) is 7.56. The lowest BCUT2D eigenvalue weighted by Crippen LogP contribution is -2.16. The number of rotatable bonds is 4. The van der Waals surface area contributed by atoms with E-state index in [0.717, 1.165) is 23.8 Å². The highest BCUT2D eigenvalue weighted by atomic mass is 35.5. The molecule has 1 aromatic heterocycles. The SMILES string of the molecule is CSC1CC2CC(c3nn(C)c(N)c3C(=O)Nc3ccc(F)c(Cl)c3)CC2C1. The minimum Gasteiger partial charge on any atom is -0.383 e. The molecule has 0 radical (unpaired) electrons. The molecule has 2 fully saturated rings. The molecule has 2 atom stereocenters. The number of thioether (sulfide) groups is 1. The Morgan fingerprint density at radius 1 is 1.32 bits per heavy atom. The van der Waals surface area contributed by atoms with Gasteiger partial charge in [0.25, 0.3) is 5.91 Å². The lowest BCUT2D eigenvalue weighted by Gasteiger charge is -2.13. The van der Waals surface area contributed by atoms with Crippen molar-refractivity contribution in [2.75, 3.05) is 17.3 Å². The van der Waals surface area contributed by atoms with Gasteiger partial charge in [0.15, 0.2) is 0 Å². The van der Waals surface area contributed by atoms with Crippen molar-refractivity contribution in [3.05, 3.63) is 40.3 Å². The number of amides is 1. The molecular formula is C20H24ClFN4OS. The van der Waals surface area contributed by atoms with Crippen LogP contribution >= 0.6 is 23.4 Å². The van der Waals surface area contributed by atoms with E-state index in [-0.39, 0.29) is 16.8 Å². The second-order valence-corrected chi connectivity index (χ2v) is 9.41. The number of carbonyl (C=O) groups excluding carboxylic acids is 1. The number of nitrogens with zero attached hydrogens (tertiary/aromatic N) is 2. The molecule has 2 aliphatic carbocycles. The van der Waals surface area contributed by atoms with Gasteiger partial charge in [-0.1, -0.05) is 11.6 Å². The normalized spacial score (nSPS) is 26.4. The summed E-state index contributed by atoms with van der Waals surface area (Å²) in [5.41, 5.74) is 7.82. The Morgan fingerprint density at radius 2 is 2.00 bits per heavy atom. The molecule has 8 heteroatoms. The number of carbonyl (C=O) groups is 1. The van der Waals surface area contributed by atoms with E-state index < -0.39 is 5.82 Å². The summed E-state index contributed by atoms with van der Waals surface area (Å²) in [6.45, 7) is 0. The van der Waals surface area contributed by atoms with Crippen LogP contribution in [0.25, 0.3) is 0 Å². The Kier molecular flexibility index (Phi) is 5.31. The maximum absolute atomic E-state index is 13.4. The molecule has 5 nitrogen and oxygen atoms in total. The highest BCUT2D eigenvalue weighted by Gasteiger charge is 2.43. The first kappa shape index (κ1) is 19.6. The van der Waals surface area contributed by atoms with E-state index in [1.54, 1.807) is 11.7 Å². The lowest BCUT2D eigenvalue weighted by atomic mass is 9.96. The number of aryl methyl sites for hydroxylation is 1. The molecule has 0 spiro atoms. The first-order valence-electron chi connectivity index (χ1n) is 9.49. The third kappa shape index (κ3) is 3.50.